The Morgan fingerprint density at radius 1 is 1.29 bits per heavy atom. The van der Waals surface area contributed by atoms with Crippen LogP contribution >= 0.6 is 0 Å². The average molecular weight is 234 g/mol. The number of piperidine rings is 1. The molecular formula is C13H18N2O2. The molecule has 0 saturated carbocycles. The molecule has 92 valence electrons. The smallest absolute Gasteiger partial charge is 0.338 e. The van der Waals surface area contributed by atoms with Crippen LogP contribution in [0, 0.1) is 5.92 Å². The molecule has 1 saturated heterocycles. The van der Waals surface area contributed by atoms with Crippen LogP contribution in [0.15, 0.2) is 24.3 Å². The second-order valence-corrected chi connectivity index (χ2v) is 4.41. The molecule has 2 rings (SSSR count). The molecule has 3 N–H and O–H groups in total. The van der Waals surface area contributed by atoms with Crippen molar-refractivity contribution in [1.29, 1.82) is 0 Å². The van der Waals surface area contributed by atoms with E-state index < -0.39 is 0 Å². The van der Waals surface area contributed by atoms with Crippen LogP contribution in [0.4, 0.5) is 5.69 Å². The van der Waals surface area contributed by atoms with Crippen molar-refractivity contribution in [3.8, 4) is 0 Å². The third-order valence-electron chi connectivity index (χ3n) is 3.06. The van der Waals surface area contributed by atoms with E-state index in [2.05, 4.69) is 5.32 Å². The Morgan fingerprint density at radius 2 is 1.94 bits per heavy atom. The highest BCUT2D eigenvalue weighted by Crippen LogP contribution is 2.13. The van der Waals surface area contributed by atoms with Crippen molar-refractivity contribution < 1.29 is 9.53 Å². The summed E-state index contributed by atoms with van der Waals surface area (Å²) in [5.74, 6) is 0.234. The molecule has 1 aliphatic rings. The summed E-state index contributed by atoms with van der Waals surface area (Å²) < 4.78 is 5.30. The summed E-state index contributed by atoms with van der Waals surface area (Å²) in [5.41, 5.74) is 6.77. The van der Waals surface area contributed by atoms with Gasteiger partial charge in [-0.1, -0.05) is 0 Å². The van der Waals surface area contributed by atoms with Gasteiger partial charge >= 0.3 is 5.97 Å². The number of ether oxygens (including phenoxy) is 1. The fourth-order valence-corrected chi connectivity index (χ4v) is 1.94. The van der Waals surface area contributed by atoms with Gasteiger partial charge in [-0.25, -0.2) is 4.79 Å². The highest BCUT2D eigenvalue weighted by Gasteiger charge is 2.15. The van der Waals surface area contributed by atoms with Crippen molar-refractivity contribution in [2.24, 2.45) is 5.92 Å². The summed E-state index contributed by atoms with van der Waals surface area (Å²) in [6, 6.07) is 6.81. The SMILES string of the molecule is Nc1ccc(C(=O)OCC2CCNCC2)cc1. The molecule has 1 aromatic rings. The van der Waals surface area contributed by atoms with E-state index in [4.69, 9.17) is 10.5 Å². The van der Waals surface area contributed by atoms with Crippen LogP contribution in [0.2, 0.25) is 0 Å². The molecule has 0 bridgehead atoms. The van der Waals surface area contributed by atoms with Crippen LogP contribution < -0.4 is 11.1 Å². The van der Waals surface area contributed by atoms with Crippen LogP contribution in [-0.4, -0.2) is 25.7 Å². The summed E-state index contributed by atoms with van der Waals surface area (Å²) in [6.45, 7) is 2.55. The lowest BCUT2D eigenvalue weighted by atomic mass is 9.99. The van der Waals surface area contributed by atoms with Gasteiger partial charge < -0.3 is 15.8 Å². The van der Waals surface area contributed by atoms with Crippen molar-refractivity contribution in [2.75, 3.05) is 25.4 Å². The first-order chi connectivity index (χ1) is 8.25. The Bertz CT molecular complexity index is 370. The molecule has 0 aromatic heterocycles. The van der Waals surface area contributed by atoms with E-state index in [0.29, 0.717) is 23.8 Å². The molecule has 1 aliphatic heterocycles. The van der Waals surface area contributed by atoms with Gasteiger partial charge in [-0.2, -0.15) is 0 Å². The summed E-state index contributed by atoms with van der Waals surface area (Å²) in [5, 5.41) is 3.29. The number of nitrogen functional groups attached to an aromatic ring is 1. The summed E-state index contributed by atoms with van der Waals surface area (Å²) in [6.07, 6.45) is 2.16. The molecule has 0 atom stereocenters. The number of carbonyl (C=O) groups excluding carboxylic acids is 1. The van der Waals surface area contributed by atoms with Crippen molar-refractivity contribution in [1.82, 2.24) is 5.32 Å². The lowest BCUT2D eigenvalue weighted by Gasteiger charge is -2.22. The van der Waals surface area contributed by atoms with Crippen molar-refractivity contribution in [2.45, 2.75) is 12.8 Å². The van der Waals surface area contributed by atoms with E-state index in [1.165, 1.54) is 0 Å². The van der Waals surface area contributed by atoms with Crippen LogP contribution in [0.1, 0.15) is 23.2 Å². The van der Waals surface area contributed by atoms with Crippen molar-refractivity contribution in [3.63, 3.8) is 0 Å². The maximum atomic E-state index is 11.7. The van der Waals surface area contributed by atoms with E-state index in [9.17, 15) is 4.79 Å². The van der Waals surface area contributed by atoms with Gasteiger partial charge in [-0.15, -0.1) is 0 Å². The second kappa shape index (κ2) is 5.68. The van der Waals surface area contributed by atoms with Crippen LogP contribution in [0.5, 0.6) is 0 Å². The summed E-state index contributed by atoms with van der Waals surface area (Å²) in [4.78, 5) is 11.7. The number of hydrogen-bond donors (Lipinski definition) is 2. The molecule has 1 heterocycles. The molecular weight excluding hydrogens is 216 g/mol. The standard InChI is InChI=1S/C13H18N2O2/c14-12-3-1-11(2-4-12)13(16)17-9-10-5-7-15-8-6-10/h1-4,10,15H,5-9,14H2. The number of nitrogens with two attached hydrogens (primary N) is 1. The number of benzene rings is 1. The largest absolute Gasteiger partial charge is 0.462 e. The second-order valence-electron chi connectivity index (χ2n) is 4.41. The Morgan fingerprint density at radius 3 is 2.59 bits per heavy atom. The topological polar surface area (TPSA) is 64.4 Å². The van der Waals surface area contributed by atoms with Gasteiger partial charge in [0.15, 0.2) is 0 Å². The predicted molar refractivity (Wildman–Crippen MR) is 66.7 cm³/mol. The maximum absolute atomic E-state index is 11.7. The van der Waals surface area contributed by atoms with Crippen molar-refractivity contribution in [3.05, 3.63) is 29.8 Å². The molecule has 1 fully saturated rings. The molecule has 0 unspecified atom stereocenters. The molecule has 0 radical (unpaired) electrons. The summed E-state index contributed by atoms with van der Waals surface area (Å²) >= 11 is 0. The fraction of sp³-hybridized carbons (Fsp3) is 0.462. The van der Waals surface area contributed by atoms with Crippen molar-refractivity contribution >= 4 is 11.7 Å². The van der Waals surface area contributed by atoms with Gasteiger partial charge in [-0.3, -0.25) is 0 Å². The van der Waals surface area contributed by atoms with E-state index in [1.807, 2.05) is 0 Å². The molecule has 4 heteroatoms. The monoisotopic (exact) mass is 234 g/mol. The van der Waals surface area contributed by atoms with Gasteiger partial charge in [0.05, 0.1) is 12.2 Å². The highest BCUT2D eigenvalue weighted by atomic mass is 16.5. The number of rotatable bonds is 3. The molecule has 0 aliphatic carbocycles. The first kappa shape index (κ1) is 11.9. The Hall–Kier alpha value is -1.55. The molecule has 0 amide bonds. The van der Waals surface area contributed by atoms with Gasteiger partial charge in [0.1, 0.15) is 0 Å². The van der Waals surface area contributed by atoms with Gasteiger partial charge in [-0.05, 0) is 56.1 Å². The Balaban J connectivity index is 1.82. The van der Waals surface area contributed by atoms with E-state index in [1.54, 1.807) is 24.3 Å². The zero-order valence-corrected chi connectivity index (χ0v) is 9.82. The normalized spacial score (nSPS) is 16.7. The number of esters is 1. The lowest BCUT2D eigenvalue weighted by molar-refractivity contribution is 0.0416. The van der Waals surface area contributed by atoms with E-state index in [0.717, 1.165) is 25.9 Å². The molecule has 0 spiro atoms. The number of nitrogens with one attached hydrogen (secondary N) is 1. The Labute approximate surface area is 101 Å². The number of hydrogen-bond acceptors (Lipinski definition) is 4. The van der Waals surface area contributed by atoms with Crippen LogP contribution in [0.3, 0.4) is 0 Å². The summed E-state index contributed by atoms with van der Waals surface area (Å²) in [7, 11) is 0. The zero-order chi connectivity index (χ0) is 12.1. The third kappa shape index (κ3) is 3.46. The van der Waals surface area contributed by atoms with E-state index in [-0.39, 0.29) is 5.97 Å². The minimum Gasteiger partial charge on any atom is -0.462 e. The maximum Gasteiger partial charge on any atom is 0.338 e. The minimum atomic E-state index is -0.261. The predicted octanol–water partition coefficient (Wildman–Crippen LogP) is 1.43. The minimum absolute atomic E-state index is 0.261. The molecule has 4 nitrogen and oxygen atoms in total. The first-order valence-corrected chi connectivity index (χ1v) is 5.99. The number of anilines is 1. The third-order valence-corrected chi connectivity index (χ3v) is 3.06. The van der Waals surface area contributed by atoms with Gasteiger partial charge in [0, 0.05) is 5.69 Å². The average Bonchev–Trinajstić information content (AvgIpc) is 2.38. The molecule has 1 aromatic carbocycles. The molecule has 17 heavy (non-hydrogen) atoms. The van der Waals surface area contributed by atoms with E-state index >= 15 is 0 Å². The van der Waals surface area contributed by atoms with Gasteiger partial charge in [0.2, 0.25) is 0 Å². The zero-order valence-electron chi connectivity index (χ0n) is 9.82. The number of carbonyl (C=O) groups is 1. The van der Waals surface area contributed by atoms with Gasteiger partial charge in [0.25, 0.3) is 0 Å². The van der Waals surface area contributed by atoms with Crippen LogP contribution in [-0.2, 0) is 4.74 Å². The first-order valence-electron chi connectivity index (χ1n) is 5.99. The van der Waals surface area contributed by atoms with Crippen LogP contribution in [0.25, 0.3) is 0 Å². The lowest BCUT2D eigenvalue weighted by Crippen LogP contribution is -2.30. The highest BCUT2D eigenvalue weighted by molar-refractivity contribution is 5.89. The quantitative estimate of drug-likeness (QED) is 0.613. The Kier molecular flexibility index (Phi) is 3.98. The fourth-order valence-electron chi connectivity index (χ4n) is 1.94.